The summed E-state index contributed by atoms with van der Waals surface area (Å²) in [6.45, 7) is 0. The van der Waals surface area contributed by atoms with Crippen LogP contribution in [0, 0.1) is 0 Å². The molecule has 53 heavy (non-hydrogen) atoms. The van der Waals surface area contributed by atoms with Crippen molar-refractivity contribution in [3.05, 3.63) is 188 Å². The molecule has 248 valence electrons. The predicted molar refractivity (Wildman–Crippen MR) is 217 cm³/mol. The minimum Gasteiger partial charge on any atom is -0.308 e. The van der Waals surface area contributed by atoms with Gasteiger partial charge in [0.1, 0.15) is 0 Å². The summed E-state index contributed by atoms with van der Waals surface area (Å²) in [5.74, 6) is 1.75. The monoisotopic (exact) mass is 677 g/mol. The summed E-state index contributed by atoms with van der Waals surface area (Å²) < 4.78 is 2.29. The van der Waals surface area contributed by atoms with E-state index in [1.165, 1.54) is 21.5 Å². The fourth-order valence-electron chi connectivity index (χ4n) is 7.39. The fraction of sp³-hybridized carbons (Fsp3) is 0. The standard InChI is InChI=1S/C48H31N5/c1-3-13-32(14-4-1)35-18-11-20-37(27-35)46-50-47(38-21-12-19-36(28-38)33-15-5-2-6-16-33)52-48(51-46)39-29-40(31-49-30-39)53-43-24-10-9-23-42(43)45-41-22-8-7-17-34(41)25-26-44(45)53/h1-31H. The lowest BCUT2D eigenvalue weighted by atomic mass is 10.0. The van der Waals surface area contributed by atoms with E-state index in [4.69, 9.17) is 19.9 Å². The van der Waals surface area contributed by atoms with E-state index < -0.39 is 0 Å². The second-order valence-corrected chi connectivity index (χ2v) is 13.2. The molecule has 10 aromatic rings. The number of hydrogen-bond acceptors (Lipinski definition) is 4. The Morgan fingerprint density at radius 2 is 0.868 bits per heavy atom. The molecule has 0 atom stereocenters. The van der Waals surface area contributed by atoms with E-state index in [-0.39, 0.29) is 0 Å². The molecule has 7 aromatic carbocycles. The molecule has 0 aliphatic heterocycles. The van der Waals surface area contributed by atoms with Gasteiger partial charge >= 0.3 is 0 Å². The Bertz CT molecular complexity index is 2850. The third-order valence-corrected chi connectivity index (χ3v) is 9.89. The van der Waals surface area contributed by atoms with E-state index in [0.29, 0.717) is 17.5 Å². The van der Waals surface area contributed by atoms with Crippen LogP contribution in [0.1, 0.15) is 0 Å². The molecule has 0 aliphatic carbocycles. The highest BCUT2D eigenvalue weighted by molar-refractivity contribution is 6.21. The molecular formula is C48H31N5. The van der Waals surface area contributed by atoms with Gasteiger partial charge in [0.2, 0.25) is 0 Å². The number of rotatable bonds is 6. The minimum atomic E-state index is 0.556. The van der Waals surface area contributed by atoms with Crippen molar-refractivity contribution in [2.45, 2.75) is 0 Å². The van der Waals surface area contributed by atoms with Gasteiger partial charge in [0.05, 0.1) is 22.9 Å². The van der Waals surface area contributed by atoms with Crippen LogP contribution in [0.2, 0.25) is 0 Å². The highest BCUT2D eigenvalue weighted by Crippen LogP contribution is 2.37. The maximum Gasteiger partial charge on any atom is 0.165 e. The zero-order valence-corrected chi connectivity index (χ0v) is 28.6. The van der Waals surface area contributed by atoms with Crippen molar-refractivity contribution in [2.75, 3.05) is 0 Å². The molecule has 0 N–H and O–H groups in total. The summed E-state index contributed by atoms with van der Waals surface area (Å²) in [6, 6.07) is 61.2. The Labute approximate surface area is 306 Å². The number of pyridine rings is 1. The number of nitrogens with zero attached hydrogens (tertiary/aromatic N) is 5. The smallest absolute Gasteiger partial charge is 0.165 e. The molecular weight excluding hydrogens is 647 g/mol. The zero-order valence-electron chi connectivity index (χ0n) is 28.6. The van der Waals surface area contributed by atoms with Gasteiger partial charge in [0, 0.05) is 33.7 Å². The zero-order chi connectivity index (χ0) is 35.1. The number of fused-ring (bicyclic) bond motifs is 5. The first-order chi connectivity index (χ1) is 26.3. The Morgan fingerprint density at radius 3 is 1.53 bits per heavy atom. The van der Waals surface area contributed by atoms with Gasteiger partial charge in [-0.25, -0.2) is 15.0 Å². The van der Waals surface area contributed by atoms with Gasteiger partial charge in [-0.05, 0) is 63.4 Å². The molecule has 0 fully saturated rings. The van der Waals surface area contributed by atoms with Gasteiger partial charge in [-0.15, -0.1) is 0 Å². The number of hydrogen-bond donors (Lipinski definition) is 0. The van der Waals surface area contributed by atoms with E-state index in [1.807, 2.05) is 24.5 Å². The van der Waals surface area contributed by atoms with Crippen molar-refractivity contribution in [3.63, 3.8) is 0 Å². The highest BCUT2D eigenvalue weighted by Gasteiger charge is 2.18. The maximum absolute atomic E-state index is 5.13. The van der Waals surface area contributed by atoms with Gasteiger partial charge in [-0.1, -0.05) is 146 Å². The van der Waals surface area contributed by atoms with Crippen molar-refractivity contribution in [1.82, 2.24) is 24.5 Å². The normalized spacial score (nSPS) is 11.4. The van der Waals surface area contributed by atoms with Crippen LogP contribution >= 0.6 is 0 Å². The molecule has 0 unspecified atom stereocenters. The van der Waals surface area contributed by atoms with Crippen molar-refractivity contribution in [2.24, 2.45) is 0 Å². The summed E-state index contributed by atoms with van der Waals surface area (Å²) in [4.78, 5) is 20.2. The van der Waals surface area contributed by atoms with Gasteiger partial charge in [-0.3, -0.25) is 4.98 Å². The van der Waals surface area contributed by atoms with Gasteiger partial charge in [0.15, 0.2) is 17.5 Å². The molecule has 5 heteroatoms. The largest absolute Gasteiger partial charge is 0.308 e. The SMILES string of the molecule is c1ccc(-c2cccc(-c3nc(-c4cccc(-c5ccccc5)c4)nc(-c4cncc(-n5c6ccccc6c6c7ccccc7ccc65)c4)n3)c2)cc1. The summed E-state index contributed by atoms with van der Waals surface area (Å²) in [5, 5.41) is 4.87. The first kappa shape index (κ1) is 30.6. The van der Waals surface area contributed by atoms with Crippen LogP contribution in [0.4, 0.5) is 0 Å². The van der Waals surface area contributed by atoms with E-state index >= 15 is 0 Å². The van der Waals surface area contributed by atoms with Crippen LogP contribution in [0.15, 0.2) is 188 Å². The van der Waals surface area contributed by atoms with Crippen molar-refractivity contribution in [3.8, 4) is 62.1 Å². The van der Waals surface area contributed by atoms with Crippen LogP contribution in [0.5, 0.6) is 0 Å². The van der Waals surface area contributed by atoms with Crippen LogP contribution in [-0.4, -0.2) is 24.5 Å². The molecule has 0 bridgehead atoms. The average molecular weight is 678 g/mol. The lowest BCUT2D eigenvalue weighted by Gasteiger charge is -2.12. The molecule has 10 rings (SSSR count). The third kappa shape index (κ3) is 5.52. The summed E-state index contributed by atoms with van der Waals surface area (Å²) in [6.07, 6.45) is 3.76. The topological polar surface area (TPSA) is 56.5 Å². The fourth-order valence-corrected chi connectivity index (χ4v) is 7.39. The first-order valence-corrected chi connectivity index (χ1v) is 17.7. The average Bonchev–Trinajstić information content (AvgIpc) is 3.59. The molecule has 0 amide bonds. The number of benzene rings is 7. The molecule has 0 saturated heterocycles. The molecule has 3 aromatic heterocycles. The maximum atomic E-state index is 5.13. The minimum absolute atomic E-state index is 0.556. The number of aromatic nitrogens is 5. The highest BCUT2D eigenvalue weighted by atomic mass is 15.0. The van der Waals surface area contributed by atoms with Crippen LogP contribution in [0.3, 0.4) is 0 Å². The molecule has 0 radical (unpaired) electrons. The number of para-hydroxylation sites is 1. The van der Waals surface area contributed by atoms with E-state index in [9.17, 15) is 0 Å². The Hall–Kier alpha value is -7.24. The Kier molecular flexibility index (Phi) is 7.40. The van der Waals surface area contributed by atoms with E-state index in [0.717, 1.165) is 55.7 Å². The van der Waals surface area contributed by atoms with Gasteiger partial charge in [0.25, 0.3) is 0 Å². The van der Waals surface area contributed by atoms with Crippen LogP contribution < -0.4 is 0 Å². The van der Waals surface area contributed by atoms with Crippen molar-refractivity contribution < 1.29 is 0 Å². The van der Waals surface area contributed by atoms with E-state index in [2.05, 4.69) is 168 Å². The Balaban J connectivity index is 1.16. The van der Waals surface area contributed by atoms with Crippen LogP contribution in [-0.2, 0) is 0 Å². The Morgan fingerprint density at radius 1 is 0.340 bits per heavy atom. The second-order valence-electron chi connectivity index (χ2n) is 13.2. The molecule has 0 aliphatic rings. The predicted octanol–water partition coefficient (Wildman–Crippen LogP) is 11.9. The van der Waals surface area contributed by atoms with Gasteiger partial charge in [-0.2, -0.15) is 0 Å². The first-order valence-electron chi connectivity index (χ1n) is 17.7. The van der Waals surface area contributed by atoms with Crippen LogP contribution in [0.25, 0.3) is 94.7 Å². The van der Waals surface area contributed by atoms with Crippen molar-refractivity contribution >= 4 is 32.6 Å². The molecule has 0 saturated carbocycles. The quantitative estimate of drug-likeness (QED) is 0.176. The lowest BCUT2D eigenvalue weighted by Crippen LogP contribution is -2.02. The van der Waals surface area contributed by atoms with E-state index in [1.54, 1.807) is 0 Å². The second kappa shape index (κ2) is 12.8. The summed E-state index contributed by atoms with van der Waals surface area (Å²) >= 11 is 0. The molecule has 5 nitrogen and oxygen atoms in total. The molecule has 3 heterocycles. The van der Waals surface area contributed by atoms with Gasteiger partial charge < -0.3 is 4.57 Å². The van der Waals surface area contributed by atoms with Crippen molar-refractivity contribution in [1.29, 1.82) is 0 Å². The summed E-state index contributed by atoms with van der Waals surface area (Å²) in [7, 11) is 0. The third-order valence-electron chi connectivity index (χ3n) is 9.89. The lowest BCUT2D eigenvalue weighted by molar-refractivity contribution is 1.06. The summed E-state index contributed by atoms with van der Waals surface area (Å²) in [5.41, 5.74) is 10.3. The molecule has 0 spiro atoms.